The minimum Gasteiger partial charge on any atom is -0.481 e. The van der Waals surface area contributed by atoms with E-state index in [0.717, 1.165) is 12.5 Å². The third-order valence-corrected chi connectivity index (χ3v) is 1.90. The number of hydrogen-bond acceptors (Lipinski definition) is 3. The topological polar surface area (TPSA) is 97.5 Å². The normalized spacial score (nSPS) is 8.88. The van der Waals surface area contributed by atoms with Crippen LogP contribution in [0.25, 0.3) is 0 Å². The lowest BCUT2D eigenvalue weighted by molar-refractivity contribution is -0.134. The quantitative estimate of drug-likeness (QED) is 0.759. The van der Waals surface area contributed by atoms with Crippen LogP contribution in [0.3, 0.4) is 0 Å². The maximum absolute atomic E-state index is 11.0. The fourth-order valence-corrected chi connectivity index (χ4v) is 1.16. The van der Waals surface area contributed by atoms with Gasteiger partial charge in [-0.2, -0.15) is 0 Å². The molecule has 5 heteroatoms. The zero-order valence-corrected chi connectivity index (χ0v) is 9.98. The molecule has 0 bridgehead atoms. The smallest absolute Gasteiger partial charge is 0.300 e. The van der Waals surface area contributed by atoms with E-state index in [1.165, 1.54) is 6.92 Å². The number of aliphatic carboxylic acids is 1. The average Bonchev–Trinajstić information content (AvgIpc) is 2.15. The van der Waals surface area contributed by atoms with Gasteiger partial charge in [-0.1, -0.05) is 6.07 Å². The number of carboxylic acids is 1. The summed E-state index contributed by atoms with van der Waals surface area (Å²) in [5.41, 5.74) is 6.92. The number of hydrogen-bond donors (Lipinski definition) is 2. The van der Waals surface area contributed by atoms with Crippen LogP contribution in [0.15, 0.2) is 18.2 Å². The van der Waals surface area contributed by atoms with Crippen LogP contribution in [0, 0.1) is 6.92 Å². The van der Waals surface area contributed by atoms with E-state index in [0.29, 0.717) is 11.1 Å². The van der Waals surface area contributed by atoms with Gasteiger partial charge in [0.05, 0.1) is 0 Å². The van der Waals surface area contributed by atoms with Crippen molar-refractivity contribution in [2.75, 3.05) is 0 Å². The summed E-state index contributed by atoms with van der Waals surface area (Å²) < 4.78 is 0. The Morgan fingerprint density at radius 3 is 1.94 bits per heavy atom. The van der Waals surface area contributed by atoms with Crippen LogP contribution in [0.2, 0.25) is 0 Å². The van der Waals surface area contributed by atoms with Gasteiger partial charge in [-0.15, -0.1) is 0 Å². The van der Waals surface area contributed by atoms with Crippen LogP contribution < -0.4 is 5.73 Å². The molecule has 0 saturated carbocycles. The third-order valence-electron chi connectivity index (χ3n) is 1.90. The van der Waals surface area contributed by atoms with Crippen molar-refractivity contribution in [3.8, 4) is 0 Å². The second-order valence-corrected chi connectivity index (χ2v) is 3.47. The van der Waals surface area contributed by atoms with E-state index in [2.05, 4.69) is 0 Å². The van der Waals surface area contributed by atoms with Gasteiger partial charge in [-0.3, -0.25) is 14.4 Å². The Balaban J connectivity index is 0.000000557. The minimum atomic E-state index is -0.833. The molecular formula is C12H15NO4. The van der Waals surface area contributed by atoms with Crippen LogP contribution >= 0.6 is 0 Å². The summed E-state index contributed by atoms with van der Waals surface area (Å²) in [6.07, 6.45) is 0. The lowest BCUT2D eigenvalue weighted by Crippen LogP contribution is -2.13. The van der Waals surface area contributed by atoms with Crippen LogP contribution in [-0.2, 0) is 4.79 Å². The number of ketones is 1. The molecule has 1 aromatic carbocycles. The van der Waals surface area contributed by atoms with E-state index in [-0.39, 0.29) is 5.78 Å². The van der Waals surface area contributed by atoms with E-state index in [1.54, 1.807) is 25.1 Å². The molecule has 1 aromatic rings. The highest BCUT2D eigenvalue weighted by molar-refractivity contribution is 5.98. The van der Waals surface area contributed by atoms with E-state index < -0.39 is 11.9 Å². The molecule has 0 heterocycles. The fourth-order valence-electron chi connectivity index (χ4n) is 1.16. The van der Waals surface area contributed by atoms with E-state index in [1.807, 2.05) is 0 Å². The summed E-state index contributed by atoms with van der Waals surface area (Å²) in [7, 11) is 0. The van der Waals surface area contributed by atoms with Crippen molar-refractivity contribution in [2.45, 2.75) is 20.8 Å². The highest BCUT2D eigenvalue weighted by Crippen LogP contribution is 2.10. The van der Waals surface area contributed by atoms with Crippen molar-refractivity contribution in [3.63, 3.8) is 0 Å². The Bertz CT molecular complexity index is 448. The first-order valence-electron chi connectivity index (χ1n) is 4.86. The van der Waals surface area contributed by atoms with Crippen LogP contribution in [-0.4, -0.2) is 22.8 Å². The summed E-state index contributed by atoms with van der Waals surface area (Å²) in [6.45, 7) is 4.32. The first kappa shape index (κ1) is 14.8. The third kappa shape index (κ3) is 5.46. The predicted molar refractivity (Wildman–Crippen MR) is 63.0 cm³/mol. The molecule has 0 aliphatic heterocycles. The molecule has 92 valence electrons. The Labute approximate surface area is 99.2 Å². The van der Waals surface area contributed by atoms with Crippen LogP contribution in [0.1, 0.15) is 40.1 Å². The number of rotatable bonds is 2. The molecule has 1 amide bonds. The lowest BCUT2D eigenvalue weighted by Gasteiger charge is -2.02. The lowest BCUT2D eigenvalue weighted by atomic mass is 10.0. The van der Waals surface area contributed by atoms with Crippen molar-refractivity contribution in [1.82, 2.24) is 0 Å². The molecule has 0 aliphatic rings. The minimum absolute atomic E-state index is 0.0147. The molecule has 0 fully saturated rings. The zero-order chi connectivity index (χ0) is 13.6. The Hall–Kier alpha value is -2.17. The van der Waals surface area contributed by atoms with E-state index in [9.17, 15) is 9.59 Å². The van der Waals surface area contributed by atoms with Gasteiger partial charge in [0, 0.05) is 18.1 Å². The number of nitrogens with two attached hydrogens (primary N) is 1. The molecule has 3 N–H and O–H groups in total. The largest absolute Gasteiger partial charge is 0.481 e. The SMILES string of the molecule is CC(=O)O.CC(=O)c1ccc(C(N)=O)c(C)c1. The molecule has 0 radical (unpaired) electrons. The summed E-state index contributed by atoms with van der Waals surface area (Å²) in [4.78, 5) is 30.8. The van der Waals surface area contributed by atoms with Gasteiger partial charge < -0.3 is 10.8 Å². The molecule has 0 aliphatic carbocycles. The highest BCUT2D eigenvalue weighted by Gasteiger charge is 2.06. The van der Waals surface area contributed by atoms with Gasteiger partial charge in [0.15, 0.2) is 5.78 Å². The summed E-state index contributed by atoms with van der Waals surface area (Å²) in [6, 6.07) is 4.85. The standard InChI is InChI=1S/C10H11NO2.C2H4O2/c1-6-5-8(7(2)12)3-4-9(6)10(11)13;1-2(3)4/h3-5H,1-2H3,(H2,11,13);1H3,(H,3,4). The molecule has 1 rings (SSSR count). The van der Waals surface area contributed by atoms with Crippen molar-refractivity contribution in [2.24, 2.45) is 5.73 Å². The molecule has 0 atom stereocenters. The van der Waals surface area contributed by atoms with Crippen molar-refractivity contribution >= 4 is 17.7 Å². The number of carboxylic acid groups (broad SMARTS) is 1. The molecule has 17 heavy (non-hydrogen) atoms. The maximum Gasteiger partial charge on any atom is 0.300 e. The summed E-state index contributed by atoms with van der Waals surface area (Å²) >= 11 is 0. The first-order valence-corrected chi connectivity index (χ1v) is 4.86. The molecule has 0 saturated heterocycles. The molecule has 0 spiro atoms. The Kier molecular flexibility index (Phi) is 5.60. The maximum atomic E-state index is 11.0. The average molecular weight is 237 g/mol. The molecule has 5 nitrogen and oxygen atoms in total. The summed E-state index contributed by atoms with van der Waals surface area (Å²) in [5.74, 6) is -1.31. The van der Waals surface area contributed by atoms with Crippen LogP contribution in [0.4, 0.5) is 0 Å². The zero-order valence-electron chi connectivity index (χ0n) is 9.98. The summed E-state index contributed by atoms with van der Waals surface area (Å²) in [5, 5.41) is 7.42. The van der Waals surface area contributed by atoms with E-state index in [4.69, 9.17) is 15.6 Å². The molecular weight excluding hydrogens is 222 g/mol. The monoisotopic (exact) mass is 237 g/mol. The number of aryl methyl sites for hydroxylation is 1. The van der Waals surface area contributed by atoms with Gasteiger partial charge in [-0.05, 0) is 31.5 Å². The second-order valence-electron chi connectivity index (χ2n) is 3.47. The van der Waals surface area contributed by atoms with Crippen molar-refractivity contribution in [3.05, 3.63) is 34.9 Å². The number of benzene rings is 1. The second kappa shape index (κ2) is 6.42. The number of Topliss-reactive ketones (excluding diaryl/α,β-unsaturated/α-hetero) is 1. The van der Waals surface area contributed by atoms with Crippen molar-refractivity contribution in [1.29, 1.82) is 0 Å². The fraction of sp³-hybridized carbons (Fsp3) is 0.250. The Morgan fingerprint density at radius 1 is 1.18 bits per heavy atom. The van der Waals surface area contributed by atoms with Gasteiger partial charge in [0.1, 0.15) is 0 Å². The Morgan fingerprint density at radius 2 is 1.65 bits per heavy atom. The van der Waals surface area contributed by atoms with Gasteiger partial charge in [0.2, 0.25) is 5.91 Å². The number of primary amides is 1. The van der Waals surface area contributed by atoms with Gasteiger partial charge >= 0.3 is 0 Å². The van der Waals surface area contributed by atoms with Crippen LogP contribution in [0.5, 0.6) is 0 Å². The first-order chi connectivity index (χ1) is 7.75. The van der Waals surface area contributed by atoms with Crippen molar-refractivity contribution < 1.29 is 19.5 Å². The highest BCUT2D eigenvalue weighted by atomic mass is 16.4. The molecule has 0 unspecified atom stereocenters. The molecule has 0 aromatic heterocycles. The number of amides is 1. The van der Waals surface area contributed by atoms with E-state index >= 15 is 0 Å². The van der Waals surface area contributed by atoms with Gasteiger partial charge in [0.25, 0.3) is 5.97 Å². The predicted octanol–water partition coefficient (Wildman–Crippen LogP) is 1.39. The number of carbonyl (C=O) groups is 3. The number of carbonyl (C=O) groups excluding carboxylic acids is 2. The van der Waals surface area contributed by atoms with Gasteiger partial charge in [-0.25, -0.2) is 0 Å².